The number of imidazole rings is 1. The second-order valence-electron chi connectivity index (χ2n) is 15.8. The molecule has 24 heteroatoms. The number of hydrogen-bond acceptors (Lipinski definition) is 17. The number of aromatic amines is 1. The summed E-state index contributed by atoms with van der Waals surface area (Å²) in [5.74, 6) is -0.0498. The van der Waals surface area contributed by atoms with Gasteiger partial charge in [0.2, 0.25) is 5.95 Å². The van der Waals surface area contributed by atoms with Crippen molar-refractivity contribution in [2.45, 2.75) is 108 Å². The second-order valence-corrected chi connectivity index (χ2v) is 24.2. The predicted molar refractivity (Wildman–Crippen MR) is 213 cm³/mol. The molecule has 0 aromatic carbocycles. The first-order valence-electron chi connectivity index (χ1n) is 18.4. The van der Waals surface area contributed by atoms with E-state index in [1.165, 1.54) is 23.4 Å². The maximum absolute atomic E-state index is 15.9. The zero-order chi connectivity index (χ0) is 41.7. The van der Waals surface area contributed by atoms with Crippen LogP contribution in [-0.2, 0) is 43.6 Å². The first kappa shape index (κ1) is 45.2. The van der Waals surface area contributed by atoms with Gasteiger partial charge in [0.05, 0.1) is 44.7 Å². The number of aromatic nitrogens is 6. The number of alkyl halides is 1. The fourth-order valence-electron chi connectivity index (χ4n) is 6.18. The van der Waals surface area contributed by atoms with Gasteiger partial charge >= 0.3 is 15.0 Å². The number of aliphatic hydroxyl groups is 1. The van der Waals surface area contributed by atoms with Crippen molar-refractivity contribution in [3.05, 3.63) is 35.3 Å². The minimum atomic E-state index is -3.97. The van der Waals surface area contributed by atoms with E-state index >= 15 is 4.39 Å². The zero-order valence-electron chi connectivity index (χ0n) is 32.8. The van der Waals surface area contributed by atoms with Crippen molar-refractivity contribution in [2.24, 2.45) is 11.8 Å². The van der Waals surface area contributed by atoms with Crippen LogP contribution in [0.1, 0.15) is 53.7 Å². The molecule has 0 amide bonds. The summed E-state index contributed by atoms with van der Waals surface area (Å²) in [6.45, 7) is 9.71. The molecule has 2 fully saturated rings. The number of rotatable bonds is 19. The van der Waals surface area contributed by atoms with Crippen molar-refractivity contribution in [2.75, 3.05) is 37.0 Å². The molecule has 57 heavy (non-hydrogen) atoms. The number of ether oxygens (including phenoxy) is 1. The van der Waals surface area contributed by atoms with Crippen LogP contribution < -0.4 is 16.2 Å². The molecule has 1 aliphatic heterocycles. The fourth-order valence-corrected chi connectivity index (χ4v) is 10.1. The molecule has 19 nitrogen and oxygen atoms in total. The fraction of sp³-hybridized carbons (Fsp3) is 0.697. The summed E-state index contributed by atoms with van der Waals surface area (Å²) >= 11 is 5.99. The Morgan fingerprint density at radius 1 is 1.26 bits per heavy atom. The number of hydrogen-bond donors (Lipinski definition) is 5. The van der Waals surface area contributed by atoms with Crippen molar-refractivity contribution in [3.63, 3.8) is 0 Å². The van der Waals surface area contributed by atoms with Crippen LogP contribution in [0, 0.1) is 23.2 Å². The van der Waals surface area contributed by atoms with E-state index < -0.39 is 84.2 Å². The highest BCUT2D eigenvalue weighted by Gasteiger charge is 2.54. The Balaban J connectivity index is 1.52. The molecule has 4 heterocycles. The van der Waals surface area contributed by atoms with E-state index in [9.17, 15) is 24.6 Å². The number of fused-ring (bicyclic) bond motifs is 1. The van der Waals surface area contributed by atoms with Gasteiger partial charge in [-0.2, -0.15) is 10.2 Å². The van der Waals surface area contributed by atoms with Crippen molar-refractivity contribution in [3.8, 4) is 6.07 Å². The Labute approximate surface area is 336 Å². The monoisotopic (exact) mass is 874 g/mol. The lowest BCUT2D eigenvalue weighted by Gasteiger charge is -2.41. The Morgan fingerprint density at radius 2 is 2.02 bits per heavy atom. The second kappa shape index (κ2) is 19.0. The highest BCUT2D eigenvalue weighted by molar-refractivity contribution is 8.07. The molecule has 1 aliphatic carbocycles. The summed E-state index contributed by atoms with van der Waals surface area (Å²) in [6, 6.07) is 2.66. The third-order valence-electron chi connectivity index (χ3n) is 10.1. The Hall–Kier alpha value is -2.90. The largest absolute Gasteiger partial charge is 0.695 e. The van der Waals surface area contributed by atoms with Crippen LogP contribution in [0.2, 0.25) is 18.1 Å². The molecule has 1 saturated heterocycles. The Kier molecular flexibility index (Phi) is 15.1. The number of nitrogens with zero attached hydrogens (tertiary/aromatic N) is 6. The number of anilines is 2. The topological polar surface area (TPSA) is 250 Å². The third kappa shape index (κ3) is 11.0. The minimum Gasteiger partial charge on any atom is -0.408 e. The van der Waals surface area contributed by atoms with E-state index in [1.807, 2.05) is 53.8 Å². The lowest BCUT2D eigenvalue weighted by atomic mass is 10.1. The molecule has 1 saturated carbocycles. The molecule has 3 aromatic rings. The van der Waals surface area contributed by atoms with Crippen LogP contribution in [0.4, 0.5) is 16.2 Å². The van der Waals surface area contributed by atoms with E-state index in [1.54, 1.807) is 6.07 Å². The average Bonchev–Trinajstić information content (AvgIpc) is 3.79. The van der Waals surface area contributed by atoms with E-state index in [-0.39, 0.29) is 54.1 Å². The number of nitrogens with one attached hydrogen (secondary N) is 3. The van der Waals surface area contributed by atoms with E-state index in [4.69, 9.17) is 39.1 Å². The van der Waals surface area contributed by atoms with Crippen LogP contribution in [-0.4, -0.2) is 111 Å². The molecule has 0 spiro atoms. The lowest BCUT2D eigenvalue weighted by Crippen LogP contribution is -2.50. The first-order valence-corrected chi connectivity index (χ1v) is 25.0. The van der Waals surface area contributed by atoms with Gasteiger partial charge in [-0.05, 0) is 48.3 Å². The summed E-state index contributed by atoms with van der Waals surface area (Å²) in [4.78, 5) is 42.4. The summed E-state index contributed by atoms with van der Waals surface area (Å²) in [5.41, 5.74) is -0.338. The molecular formula is C33H51FN9O10P2SSi+. The van der Waals surface area contributed by atoms with Gasteiger partial charge in [0.15, 0.2) is 38.0 Å². The SMILES string of the molecule is CC(C)CNc1nc2c(ncn2[C@@H]2O[C@H](CO)[C@@H](O[Si](C)(C)C(C)(C)C)[C@H]2O[P@](=S)(OCCC#N)OC[C@H]2C[C@@H](Nc3ccncn3)[C@@H](F)[C@@H]2O[P+](=O)O)c(=O)[nH]1. The minimum absolute atomic E-state index is 0.0168. The molecule has 3 aromatic heterocycles. The van der Waals surface area contributed by atoms with Crippen LogP contribution >= 0.6 is 15.0 Å². The number of H-pyrrole nitrogens is 1. The molecule has 5 rings (SSSR count). The van der Waals surface area contributed by atoms with Gasteiger partial charge in [-0.3, -0.25) is 18.9 Å². The average molecular weight is 875 g/mol. The number of halogens is 1. The molecule has 5 N–H and O–H groups in total. The van der Waals surface area contributed by atoms with Crippen molar-refractivity contribution in [1.82, 2.24) is 29.5 Å². The van der Waals surface area contributed by atoms with Gasteiger partial charge in [-0.15, -0.1) is 9.42 Å². The maximum Gasteiger partial charge on any atom is 0.695 e. The molecule has 0 radical (unpaired) electrons. The third-order valence-corrected chi connectivity index (χ3v) is 17.3. The maximum atomic E-state index is 15.9. The molecule has 1 unspecified atom stereocenters. The summed E-state index contributed by atoms with van der Waals surface area (Å²) in [7, 11) is -5.85. The molecular weight excluding hydrogens is 824 g/mol. The van der Waals surface area contributed by atoms with E-state index in [0.29, 0.717) is 12.4 Å². The zero-order valence-corrected chi connectivity index (χ0v) is 36.4. The van der Waals surface area contributed by atoms with Gasteiger partial charge in [0.25, 0.3) is 5.56 Å². The standard InChI is InChI=1S/C33H50FN9O10P2SSi/c1-19(2)14-37-32-41-29-25(30(45)42-32)39-18-43(29)31-28(27(22(15-44)50-31)53-57(6,7)33(3,4)5)52-55(56,48-12-8-10-35)49-16-20-13-21(24(34)26(20)51-54(46)47)40-23-9-11-36-17-38-23/h9,11,17-22,24,26-28,31,44H,8,12-16H2,1-7H3,(H3-,36,37,38,40,41,42,45,46,47)/p+1/t20-,21-,22-,24-,26-,27-,28-,31-,55+/m1/s1. The van der Waals surface area contributed by atoms with E-state index in [2.05, 4.69) is 35.6 Å². The highest BCUT2D eigenvalue weighted by atomic mass is 32.5. The molecule has 2 aliphatic rings. The highest BCUT2D eigenvalue weighted by Crippen LogP contribution is 2.56. The first-order chi connectivity index (χ1) is 26.9. The van der Waals surface area contributed by atoms with Crippen LogP contribution in [0.5, 0.6) is 0 Å². The summed E-state index contributed by atoms with van der Waals surface area (Å²) in [5, 5.41) is 25.9. The van der Waals surface area contributed by atoms with Gasteiger partial charge in [-0.25, -0.2) is 19.3 Å². The van der Waals surface area contributed by atoms with Crippen LogP contribution in [0.15, 0.2) is 29.7 Å². The van der Waals surface area contributed by atoms with Gasteiger partial charge in [0.1, 0.15) is 30.5 Å². The van der Waals surface area contributed by atoms with Crippen molar-refractivity contribution >= 4 is 58.0 Å². The van der Waals surface area contributed by atoms with Crippen LogP contribution in [0.25, 0.3) is 11.2 Å². The van der Waals surface area contributed by atoms with Gasteiger partial charge < -0.3 is 34.0 Å². The summed E-state index contributed by atoms with van der Waals surface area (Å²) in [6.07, 6.45) is -3.30. The number of nitriles is 1. The molecule has 0 bridgehead atoms. The lowest BCUT2D eigenvalue weighted by molar-refractivity contribution is -0.0503. The van der Waals surface area contributed by atoms with Crippen LogP contribution in [0.3, 0.4) is 0 Å². The molecule has 314 valence electrons. The summed E-state index contributed by atoms with van der Waals surface area (Å²) < 4.78 is 66.7. The normalized spacial score (nSPS) is 26.7. The van der Waals surface area contributed by atoms with Gasteiger partial charge in [0, 0.05) is 23.2 Å². The van der Waals surface area contributed by atoms with Gasteiger partial charge in [-0.1, -0.05) is 34.6 Å². The Bertz CT molecular complexity index is 1990. The van der Waals surface area contributed by atoms with E-state index in [0.717, 1.165) is 0 Å². The number of aliphatic hydroxyl groups excluding tert-OH is 1. The predicted octanol–water partition coefficient (Wildman–Crippen LogP) is 4.69. The quantitative estimate of drug-likeness (QED) is 0.0623. The Morgan fingerprint density at radius 3 is 2.65 bits per heavy atom. The van der Waals surface area contributed by atoms with Crippen molar-refractivity contribution < 1.29 is 46.2 Å². The van der Waals surface area contributed by atoms with Crippen molar-refractivity contribution in [1.29, 1.82) is 5.26 Å². The molecule has 10 atom stereocenters. The smallest absolute Gasteiger partial charge is 0.408 e.